The lowest BCUT2D eigenvalue weighted by Crippen LogP contribution is -2.61. The molecule has 2 heterocycles. The summed E-state index contributed by atoms with van der Waals surface area (Å²) in [6, 6.07) is -3.29. The number of Topliss-reactive ketones (excluding diaryl/α,β-unsaturated/α-hetero) is 2. The van der Waals surface area contributed by atoms with Gasteiger partial charge in [0.2, 0.25) is 59.1 Å². The maximum Gasteiger partial charge on any atom is 0.245 e. The van der Waals surface area contributed by atoms with E-state index in [9.17, 15) is 67.7 Å². The molecule has 1 aromatic carbocycles. The number of nitrogens with two attached hydrogens (primary N) is 3. The summed E-state index contributed by atoms with van der Waals surface area (Å²) in [5.41, 5.74) is 16.6. The number of hydrogen-bond acceptors (Lipinski definition) is 14. The van der Waals surface area contributed by atoms with Crippen molar-refractivity contribution in [3.8, 4) is 5.75 Å². The van der Waals surface area contributed by atoms with Crippen molar-refractivity contribution in [2.24, 2.45) is 35.0 Å². The third-order valence-electron chi connectivity index (χ3n) is 13.1. The number of hydrogen-bond donors (Lipinski definition) is 11. The van der Waals surface area contributed by atoms with Crippen LogP contribution >= 0.6 is 0 Å². The zero-order valence-corrected chi connectivity index (χ0v) is 42.8. The summed E-state index contributed by atoms with van der Waals surface area (Å²) in [6.45, 7) is 6.25. The summed E-state index contributed by atoms with van der Waals surface area (Å²) in [7, 11) is 0. The molecule has 10 amide bonds. The summed E-state index contributed by atoms with van der Waals surface area (Å²) in [6.07, 6.45) is -1.48. The normalized spacial score (nSPS) is 23.5. The Balaban J connectivity index is 1.99. The molecule has 74 heavy (non-hydrogen) atoms. The van der Waals surface area contributed by atoms with Gasteiger partial charge >= 0.3 is 0 Å². The van der Waals surface area contributed by atoms with E-state index in [-0.39, 0.29) is 68.4 Å². The van der Waals surface area contributed by atoms with Gasteiger partial charge in [0.15, 0.2) is 5.78 Å². The number of amides is 10. The number of carbonyl (C=O) groups is 12. The minimum atomic E-state index is -1.83. The molecule has 2 saturated heterocycles. The van der Waals surface area contributed by atoms with Gasteiger partial charge in [0, 0.05) is 57.4 Å². The second-order valence-electron chi connectivity index (χ2n) is 19.8. The molecule has 0 aliphatic carbocycles. The van der Waals surface area contributed by atoms with Gasteiger partial charge in [-0.3, -0.25) is 57.5 Å². The lowest BCUT2D eigenvalue weighted by Gasteiger charge is -2.30. The molecule has 2 fully saturated rings. The van der Waals surface area contributed by atoms with Crippen LogP contribution in [0.4, 0.5) is 0 Å². The minimum absolute atomic E-state index is 0.00431. The van der Waals surface area contributed by atoms with E-state index in [0.29, 0.717) is 37.7 Å². The molecule has 2 aliphatic heterocycles. The Morgan fingerprint density at radius 2 is 1.34 bits per heavy atom. The first kappa shape index (κ1) is 61.3. The van der Waals surface area contributed by atoms with Crippen molar-refractivity contribution in [2.75, 3.05) is 13.1 Å². The van der Waals surface area contributed by atoms with Crippen LogP contribution in [0.15, 0.2) is 24.3 Å². The van der Waals surface area contributed by atoms with Crippen molar-refractivity contribution in [1.82, 2.24) is 36.8 Å². The van der Waals surface area contributed by atoms with Crippen molar-refractivity contribution >= 4 is 70.6 Å². The highest BCUT2D eigenvalue weighted by Gasteiger charge is 2.42. The number of phenols is 1. The van der Waals surface area contributed by atoms with Gasteiger partial charge in [-0.15, -0.1) is 0 Å². The second-order valence-corrected chi connectivity index (χ2v) is 19.8. The average molecular weight is 1040 g/mol. The quantitative estimate of drug-likeness (QED) is 0.0553. The van der Waals surface area contributed by atoms with Crippen LogP contribution in [0.1, 0.15) is 130 Å². The smallest absolute Gasteiger partial charge is 0.245 e. The fraction of sp³-hybridized carbons (Fsp3) is 0.640. The fourth-order valence-corrected chi connectivity index (χ4v) is 8.88. The van der Waals surface area contributed by atoms with Gasteiger partial charge in [-0.1, -0.05) is 46.2 Å². The zero-order chi connectivity index (χ0) is 55.2. The first-order valence-corrected chi connectivity index (χ1v) is 25.3. The lowest BCUT2D eigenvalue weighted by molar-refractivity contribution is -0.142. The van der Waals surface area contributed by atoms with Crippen LogP contribution in [0.3, 0.4) is 0 Å². The number of phenolic OH excluding ortho intramolecular Hbond substituents is 1. The number of nitrogens with one attached hydrogen (secondary N) is 6. The maximum atomic E-state index is 14.6. The van der Waals surface area contributed by atoms with Gasteiger partial charge in [-0.05, 0) is 74.5 Å². The minimum Gasteiger partial charge on any atom is -0.508 e. The van der Waals surface area contributed by atoms with E-state index in [4.69, 9.17) is 17.2 Å². The maximum absolute atomic E-state index is 14.6. The first-order chi connectivity index (χ1) is 34.9. The number of aromatic hydroxyl groups is 1. The van der Waals surface area contributed by atoms with E-state index in [1.165, 1.54) is 24.3 Å². The molecular formula is C50H76N10O14. The number of primary amides is 3. The Bertz CT molecular complexity index is 2190. The summed E-state index contributed by atoms with van der Waals surface area (Å²) < 4.78 is 0. The number of nitrogens with zero attached hydrogens (tertiary/aromatic N) is 1. The molecule has 14 N–H and O–H groups in total. The molecule has 2 aliphatic rings. The van der Waals surface area contributed by atoms with Crippen molar-refractivity contribution in [2.45, 2.75) is 173 Å². The number of ketones is 2. The van der Waals surface area contributed by atoms with Crippen LogP contribution in [0.25, 0.3) is 0 Å². The number of benzene rings is 1. The number of likely N-dealkylation sites (tertiary alicyclic amines) is 1. The Morgan fingerprint density at radius 3 is 1.96 bits per heavy atom. The molecule has 0 aromatic heterocycles. The van der Waals surface area contributed by atoms with Crippen molar-refractivity contribution < 1.29 is 67.7 Å². The second kappa shape index (κ2) is 30.3. The highest BCUT2D eigenvalue weighted by molar-refractivity contribution is 5.99. The van der Waals surface area contributed by atoms with Crippen LogP contribution < -0.4 is 49.1 Å². The van der Waals surface area contributed by atoms with E-state index in [1.807, 2.05) is 13.8 Å². The molecule has 9 atom stereocenters. The molecule has 0 bridgehead atoms. The number of unbranched alkanes of at least 4 members (excludes halogenated alkanes) is 1. The van der Waals surface area contributed by atoms with Gasteiger partial charge in [0.1, 0.15) is 41.7 Å². The van der Waals surface area contributed by atoms with Crippen LogP contribution in [-0.4, -0.2) is 141 Å². The zero-order valence-electron chi connectivity index (χ0n) is 42.8. The SMILES string of the molecule is CCC(C)C1NC(=O)C(Cc2ccc(O)cc2)NC(=O)CNC(=O)CCC(C(=O)N2CC(O)CC2C(=O)CCCC(CC(C)C)C(=O)CCCCC(N)=O)NC(=O)C(CC(N)=O)NC(=O)C(CCC(N)=O)NC1=O. The topological polar surface area (TPSA) is 399 Å². The van der Waals surface area contributed by atoms with Crippen LogP contribution in [-0.2, 0) is 64.0 Å². The number of carbonyl (C=O) groups excluding carboxylic acids is 12. The van der Waals surface area contributed by atoms with Crippen molar-refractivity contribution in [3.63, 3.8) is 0 Å². The predicted octanol–water partition coefficient (Wildman–Crippen LogP) is -1.57. The summed E-state index contributed by atoms with van der Waals surface area (Å²) >= 11 is 0. The van der Waals surface area contributed by atoms with E-state index in [1.54, 1.807) is 13.8 Å². The fourth-order valence-electron chi connectivity index (χ4n) is 8.88. The van der Waals surface area contributed by atoms with Gasteiger partial charge in [-0.25, -0.2) is 0 Å². The summed E-state index contributed by atoms with van der Waals surface area (Å²) in [5.74, 6) is -10.3. The van der Waals surface area contributed by atoms with Gasteiger partial charge in [0.25, 0.3) is 0 Å². The number of aliphatic hydroxyl groups excluding tert-OH is 1. The van der Waals surface area contributed by atoms with Crippen molar-refractivity contribution in [3.05, 3.63) is 29.8 Å². The summed E-state index contributed by atoms with van der Waals surface area (Å²) in [4.78, 5) is 161. The Labute approximate surface area is 430 Å². The number of aliphatic hydroxyl groups is 1. The Hall–Kier alpha value is -6.98. The average Bonchev–Trinajstić information content (AvgIpc) is 3.73. The standard InChI is InChI=1S/C50H76N10O14/c1-5-28(4)45-49(73)56-33(17-19-41(52)66)46(70)58-36(24-42(53)67)47(71)57-34(18-20-43(68)54-25-44(69)55-35(48(72)59-45)22-29-13-15-31(61)16-14-29)50(74)60-26-32(62)23-37(60)39(64)11-8-9-30(21-27(2)3)38(63)10-6-7-12-40(51)65/h13-16,27-28,30,32-37,45,61-62H,5-12,17-26H2,1-4H3,(H2,51,65)(H2,52,66)(H2,53,67)(H,54,68)(H,55,69)(H,56,73)(H,57,71)(H,58,70)(H,59,72). The third kappa shape index (κ3) is 20.9. The molecule has 0 radical (unpaired) electrons. The molecule has 9 unspecified atom stereocenters. The van der Waals surface area contributed by atoms with Crippen LogP contribution in [0, 0.1) is 17.8 Å². The number of rotatable bonds is 23. The Morgan fingerprint density at radius 1 is 0.716 bits per heavy atom. The molecule has 1 aromatic rings. The number of β-amino-alcohol motifs (C(OH)–C–C–N with tert-alkyl or cyclic N) is 1. The molecule has 24 nitrogen and oxygen atoms in total. The third-order valence-corrected chi connectivity index (χ3v) is 13.1. The van der Waals surface area contributed by atoms with Gasteiger partial charge in [0.05, 0.1) is 25.1 Å². The predicted molar refractivity (Wildman–Crippen MR) is 266 cm³/mol. The highest BCUT2D eigenvalue weighted by atomic mass is 16.3. The highest BCUT2D eigenvalue weighted by Crippen LogP contribution is 2.26. The van der Waals surface area contributed by atoms with E-state index in [2.05, 4.69) is 31.9 Å². The van der Waals surface area contributed by atoms with E-state index in [0.717, 1.165) is 4.90 Å². The molecule has 24 heteroatoms. The van der Waals surface area contributed by atoms with Crippen molar-refractivity contribution in [1.29, 1.82) is 0 Å². The first-order valence-electron chi connectivity index (χ1n) is 25.3. The molecule has 0 saturated carbocycles. The molecule has 410 valence electrons. The largest absolute Gasteiger partial charge is 0.508 e. The van der Waals surface area contributed by atoms with Crippen LogP contribution in [0.5, 0.6) is 5.75 Å². The molecule has 0 spiro atoms. The monoisotopic (exact) mass is 1040 g/mol. The summed E-state index contributed by atoms with van der Waals surface area (Å²) in [5, 5.41) is 35.6. The van der Waals surface area contributed by atoms with Gasteiger partial charge in [-0.2, -0.15) is 0 Å². The lowest BCUT2D eigenvalue weighted by atomic mass is 9.86. The molecular weight excluding hydrogens is 965 g/mol. The molecule has 3 rings (SSSR count). The van der Waals surface area contributed by atoms with Crippen LogP contribution in [0.2, 0.25) is 0 Å². The Kier molecular flexibility index (Phi) is 25.1. The van der Waals surface area contributed by atoms with Gasteiger partial charge < -0.3 is 64.2 Å². The van der Waals surface area contributed by atoms with E-state index < -0.39 is 152 Å². The van der Waals surface area contributed by atoms with E-state index >= 15 is 0 Å².